The minimum absolute atomic E-state index is 0.0516. The quantitative estimate of drug-likeness (QED) is 0.644. The number of ketones is 1. The van der Waals surface area contributed by atoms with Crippen molar-refractivity contribution in [1.29, 1.82) is 0 Å². The molecule has 1 aliphatic carbocycles. The minimum atomic E-state index is -4.47. The van der Waals surface area contributed by atoms with Crippen LogP contribution in [0.4, 0.5) is 13.2 Å². The molecule has 7 heteroatoms. The van der Waals surface area contributed by atoms with Gasteiger partial charge in [0.15, 0.2) is 5.78 Å². The van der Waals surface area contributed by atoms with Crippen LogP contribution in [0.2, 0.25) is 0 Å². The number of hydrogen-bond donors (Lipinski definition) is 1. The van der Waals surface area contributed by atoms with Crippen molar-refractivity contribution in [2.75, 3.05) is 0 Å². The van der Waals surface area contributed by atoms with Crippen molar-refractivity contribution in [2.45, 2.75) is 44.9 Å². The number of alkyl halides is 3. The Morgan fingerprint density at radius 3 is 2.41 bits per heavy atom. The summed E-state index contributed by atoms with van der Waals surface area (Å²) < 4.78 is 44.7. The van der Waals surface area contributed by atoms with Gasteiger partial charge < -0.3 is 10.1 Å². The molecule has 0 radical (unpaired) electrons. The number of benzene rings is 2. The molecule has 1 heterocycles. The number of Topliss-reactive ketones (excluding diaryl/α,β-unsaturated/α-hetero) is 1. The topological polar surface area (TPSA) is 55.4 Å². The molecule has 32 heavy (non-hydrogen) atoms. The number of carbonyl (C=O) groups excluding carboxylic acids is 2. The number of nitrogens with one attached hydrogen (secondary N) is 1. The number of hydrogen-bond acceptors (Lipinski definition) is 4. The van der Waals surface area contributed by atoms with Crippen molar-refractivity contribution in [3.8, 4) is 0 Å². The molecule has 166 valence electrons. The van der Waals surface area contributed by atoms with Gasteiger partial charge in [0.05, 0.1) is 11.1 Å². The fraction of sp³-hybridized carbons (Fsp3) is 0.280. The lowest BCUT2D eigenvalue weighted by Gasteiger charge is -2.34. The highest BCUT2D eigenvalue weighted by Gasteiger charge is 2.39. The molecule has 0 aromatic heterocycles. The summed E-state index contributed by atoms with van der Waals surface area (Å²) >= 11 is 0. The number of halogens is 3. The minimum Gasteiger partial charge on any atom is -0.457 e. The second-order valence-corrected chi connectivity index (χ2v) is 7.95. The van der Waals surface area contributed by atoms with E-state index < -0.39 is 23.6 Å². The van der Waals surface area contributed by atoms with Crippen molar-refractivity contribution in [2.24, 2.45) is 0 Å². The second kappa shape index (κ2) is 8.65. The third kappa shape index (κ3) is 4.33. The van der Waals surface area contributed by atoms with Crippen LogP contribution in [0.15, 0.2) is 77.1 Å². The molecule has 0 bridgehead atoms. The average Bonchev–Trinajstić information content (AvgIpc) is 2.77. The van der Waals surface area contributed by atoms with Gasteiger partial charge in [-0.05, 0) is 43.0 Å². The number of esters is 1. The first-order valence-corrected chi connectivity index (χ1v) is 10.4. The Morgan fingerprint density at radius 2 is 1.75 bits per heavy atom. The van der Waals surface area contributed by atoms with Crippen LogP contribution in [0.3, 0.4) is 0 Å². The van der Waals surface area contributed by atoms with Gasteiger partial charge in [-0.25, -0.2) is 4.79 Å². The number of ether oxygens (including phenoxy) is 1. The molecule has 4 nitrogen and oxygen atoms in total. The van der Waals surface area contributed by atoms with Gasteiger partial charge in [-0.1, -0.05) is 42.5 Å². The molecule has 0 spiro atoms. The lowest BCUT2D eigenvalue weighted by Crippen LogP contribution is -2.34. The van der Waals surface area contributed by atoms with E-state index in [9.17, 15) is 22.8 Å². The maximum atomic E-state index is 13.1. The normalized spacial score (nSPS) is 18.9. The smallest absolute Gasteiger partial charge is 0.416 e. The molecule has 0 fully saturated rings. The summed E-state index contributed by atoms with van der Waals surface area (Å²) in [4.78, 5) is 26.0. The standard InChI is InChI=1S/C25H22F3NO3/c1-15-21(24(31)32-14-16-6-3-2-4-7-16)22(23-19(29-15)8-5-9-20(23)30)17-10-12-18(13-11-17)25(26,27)28/h2-4,6-7,10-13,22,29H,5,8-9,14H2,1H3/t22-/m0/s1. The molecule has 1 aliphatic heterocycles. The zero-order chi connectivity index (χ0) is 22.9. The van der Waals surface area contributed by atoms with Crippen molar-refractivity contribution in [1.82, 2.24) is 5.32 Å². The van der Waals surface area contributed by atoms with Gasteiger partial charge in [-0.15, -0.1) is 0 Å². The molecular formula is C25H22F3NO3. The van der Waals surface area contributed by atoms with Gasteiger partial charge >= 0.3 is 12.1 Å². The van der Waals surface area contributed by atoms with E-state index in [1.54, 1.807) is 6.92 Å². The molecule has 0 unspecified atom stereocenters. The van der Waals surface area contributed by atoms with Gasteiger partial charge in [0.1, 0.15) is 6.61 Å². The van der Waals surface area contributed by atoms with Crippen LogP contribution >= 0.6 is 0 Å². The van der Waals surface area contributed by atoms with E-state index in [0.29, 0.717) is 36.1 Å². The number of carbonyl (C=O) groups is 2. The number of allylic oxidation sites excluding steroid dienone is 3. The highest BCUT2D eigenvalue weighted by atomic mass is 19.4. The fourth-order valence-electron chi connectivity index (χ4n) is 4.25. The van der Waals surface area contributed by atoms with E-state index in [0.717, 1.165) is 23.4 Å². The van der Waals surface area contributed by atoms with E-state index in [1.807, 2.05) is 30.3 Å². The molecule has 4 rings (SSSR count). The number of rotatable bonds is 4. The first-order valence-electron chi connectivity index (χ1n) is 10.4. The summed E-state index contributed by atoms with van der Waals surface area (Å²) in [6.07, 6.45) is -2.81. The van der Waals surface area contributed by atoms with Gasteiger partial charge in [0.25, 0.3) is 0 Å². The highest BCUT2D eigenvalue weighted by molar-refractivity contribution is 6.03. The highest BCUT2D eigenvalue weighted by Crippen LogP contribution is 2.43. The molecule has 1 N–H and O–H groups in total. The Hall–Kier alpha value is -3.35. The molecule has 2 aliphatic rings. The van der Waals surface area contributed by atoms with Gasteiger partial charge in [-0.3, -0.25) is 4.79 Å². The lowest BCUT2D eigenvalue weighted by molar-refractivity contribution is -0.141. The van der Waals surface area contributed by atoms with E-state index in [-0.39, 0.29) is 18.0 Å². The van der Waals surface area contributed by atoms with Crippen LogP contribution in [-0.4, -0.2) is 11.8 Å². The predicted molar refractivity (Wildman–Crippen MR) is 112 cm³/mol. The molecule has 0 saturated carbocycles. The average molecular weight is 441 g/mol. The molecule has 2 aromatic rings. The Bertz CT molecular complexity index is 1100. The maximum absolute atomic E-state index is 13.1. The summed E-state index contributed by atoms with van der Waals surface area (Å²) in [6, 6.07) is 13.8. The van der Waals surface area contributed by atoms with Crippen LogP contribution in [0, 0.1) is 0 Å². The van der Waals surface area contributed by atoms with Gasteiger partial charge in [-0.2, -0.15) is 13.2 Å². The maximum Gasteiger partial charge on any atom is 0.416 e. The Kier molecular flexibility index (Phi) is 5.91. The van der Waals surface area contributed by atoms with Crippen LogP contribution in [0.1, 0.15) is 48.8 Å². The summed E-state index contributed by atoms with van der Waals surface area (Å²) in [5.74, 6) is -1.48. The Labute approximate surface area is 183 Å². The fourth-order valence-corrected chi connectivity index (χ4v) is 4.25. The third-order valence-corrected chi connectivity index (χ3v) is 5.78. The first-order chi connectivity index (χ1) is 15.3. The van der Waals surface area contributed by atoms with Crippen molar-refractivity contribution in [3.63, 3.8) is 0 Å². The first kappa shape index (κ1) is 21.9. The van der Waals surface area contributed by atoms with Crippen molar-refractivity contribution < 1.29 is 27.5 Å². The monoisotopic (exact) mass is 441 g/mol. The van der Waals surface area contributed by atoms with E-state index in [1.165, 1.54) is 12.1 Å². The van der Waals surface area contributed by atoms with E-state index in [2.05, 4.69) is 5.32 Å². The van der Waals surface area contributed by atoms with E-state index >= 15 is 0 Å². The van der Waals surface area contributed by atoms with Crippen molar-refractivity contribution >= 4 is 11.8 Å². The Morgan fingerprint density at radius 1 is 1.06 bits per heavy atom. The lowest BCUT2D eigenvalue weighted by atomic mass is 9.75. The largest absolute Gasteiger partial charge is 0.457 e. The van der Waals surface area contributed by atoms with Gasteiger partial charge in [0, 0.05) is 29.3 Å². The summed E-state index contributed by atoms with van der Waals surface area (Å²) in [7, 11) is 0. The molecule has 2 aromatic carbocycles. The molecule has 1 atom stereocenters. The molecule has 0 saturated heterocycles. The van der Waals surface area contributed by atoms with Crippen LogP contribution in [0.5, 0.6) is 0 Å². The zero-order valence-corrected chi connectivity index (χ0v) is 17.5. The molecular weight excluding hydrogens is 419 g/mol. The van der Waals surface area contributed by atoms with Gasteiger partial charge in [0.2, 0.25) is 0 Å². The molecule has 0 amide bonds. The second-order valence-electron chi connectivity index (χ2n) is 7.95. The summed E-state index contributed by atoms with van der Waals surface area (Å²) in [6.45, 7) is 1.77. The Balaban J connectivity index is 1.71. The third-order valence-electron chi connectivity index (χ3n) is 5.78. The van der Waals surface area contributed by atoms with Crippen LogP contribution < -0.4 is 5.32 Å². The SMILES string of the molecule is CC1=C(C(=O)OCc2ccccc2)[C@H](c2ccc(C(F)(F)F)cc2)C2=C(CCCC2=O)N1. The van der Waals surface area contributed by atoms with Crippen LogP contribution in [-0.2, 0) is 27.1 Å². The predicted octanol–water partition coefficient (Wildman–Crippen LogP) is 5.42. The van der Waals surface area contributed by atoms with Crippen molar-refractivity contribution in [3.05, 3.63) is 93.8 Å². The summed E-state index contributed by atoms with van der Waals surface area (Å²) in [5.41, 5.74) is 2.43. The number of dihydropyridines is 1. The van der Waals surface area contributed by atoms with E-state index in [4.69, 9.17) is 4.74 Å². The van der Waals surface area contributed by atoms with Crippen LogP contribution in [0.25, 0.3) is 0 Å². The zero-order valence-electron chi connectivity index (χ0n) is 17.5. The summed E-state index contributed by atoms with van der Waals surface area (Å²) in [5, 5.41) is 3.17.